The van der Waals surface area contributed by atoms with Gasteiger partial charge in [-0.1, -0.05) is 55.5 Å². The standard InChI is InChI=1S/C26H32N2O/c1-3-27-19-23-18-25(23,20-27)21-10-12-24(13-11-21)28-16-14-26(15-17-28,29-4-2)22-8-6-5-7-9-22/h5-13,18H,3-4,14-17,19-20H2,1-2H3. The van der Waals surface area contributed by atoms with Crippen molar-refractivity contribution >= 4 is 5.69 Å². The molecule has 3 heteroatoms. The molecule has 5 rings (SSSR count). The predicted molar refractivity (Wildman–Crippen MR) is 120 cm³/mol. The highest BCUT2D eigenvalue weighted by atomic mass is 16.5. The van der Waals surface area contributed by atoms with Crippen molar-refractivity contribution in [3.63, 3.8) is 0 Å². The van der Waals surface area contributed by atoms with E-state index in [1.165, 1.54) is 16.8 Å². The van der Waals surface area contributed by atoms with Gasteiger partial charge in [0.2, 0.25) is 0 Å². The molecule has 0 radical (unpaired) electrons. The average Bonchev–Trinajstić information content (AvgIpc) is 3.36. The Morgan fingerprint density at radius 2 is 1.62 bits per heavy atom. The van der Waals surface area contributed by atoms with E-state index in [1.54, 1.807) is 5.57 Å². The van der Waals surface area contributed by atoms with Crippen molar-refractivity contribution in [2.75, 3.05) is 44.2 Å². The maximum atomic E-state index is 6.33. The quantitative estimate of drug-likeness (QED) is 0.665. The first kappa shape index (κ1) is 18.9. The molecule has 0 bridgehead atoms. The normalized spacial score (nSPS) is 25.6. The fourth-order valence-electron chi connectivity index (χ4n) is 5.46. The van der Waals surface area contributed by atoms with Gasteiger partial charge in [-0.3, -0.25) is 4.90 Å². The molecule has 3 aliphatic rings. The van der Waals surface area contributed by atoms with Crippen molar-refractivity contribution in [2.45, 2.75) is 37.7 Å². The Labute approximate surface area is 175 Å². The summed E-state index contributed by atoms with van der Waals surface area (Å²) < 4.78 is 6.33. The number of hydrogen-bond donors (Lipinski definition) is 0. The Bertz CT molecular complexity index is 881. The molecule has 3 nitrogen and oxygen atoms in total. The van der Waals surface area contributed by atoms with Crippen molar-refractivity contribution in [3.8, 4) is 0 Å². The number of rotatable bonds is 6. The lowest BCUT2D eigenvalue weighted by atomic mass is 9.83. The van der Waals surface area contributed by atoms with Crippen LogP contribution in [-0.4, -0.2) is 44.2 Å². The van der Waals surface area contributed by atoms with Crippen LogP contribution in [0.1, 0.15) is 37.8 Å². The number of likely N-dealkylation sites (N-methyl/N-ethyl adjacent to an activating group) is 1. The average molecular weight is 389 g/mol. The Balaban J connectivity index is 1.28. The highest BCUT2D eigenvalue weighted by molar-refractivity contribution is 5.61. The second-order valence-corrected chi connectivity index (χ2v) is 8.77. The molecule has 0 saturated carbocycles. The SMILES string of the molecule is CCOC1(c2ccccc2)CCN(c2ccc(C34C=C3CN(CC)C4)cc2)CC1. The molecule has 0 aromatic heterocycles. The number of ether oxygens (including phenoxy) is 1. The summed E-state index contributed by atoms with van der Waals surface area (Å²) in [5.74, 6) is 0. The van der Waals surface area contributed by atoms with Crippen LogP contribution in [0.4, 0.5) is 5.69 Å². The summed E-state index contributed by atoms with van der Waals surface area (Å²) in [4.78, 5) is 5.07. The molecule has 2 fully saturated rings. The van der Waals surface area contributed by atoms with Gasteiger partial charge in [-0.15, -0.1) is 0 Å². The van der Waals surface area contributed by atoms with E-state index >= 15 is 0 Å². The Hall–Kier alpha value is -2.10. The molecule has 2 aliphatic heterocycles. The lowest BCUT2D eigenvalue weighted by Gasteiger charge is -2.43. The smallest absolute Gasteiger partial charge is 0.0964 e. The molecule has 1 unspecified atom stereocenters. The van der Waals surface area contributed by atoms with Crippen LogP contribution in [0.15, 0.2) is 66.2 Å². The van der Waals surface area contributed by atoms with Gasteiger partial charge in [-0.2, -0.15) is 0 Å². The fourth-order valence-corrected chi connectivity index (χ4v) is 5.46. The minimum atomic E-state index is -0.133. The van der Waals surface area contributed by atoms with Crippen LogP contribution in [0.2, 0.25) is 0 Å². The third kappa shape index (κ3) is 3.21. The molecule has 1 aliphatic carbocycles. The molecule has 0 spiro atoms. The summed E-state index contributed by atoms with van der Waals surface area (Å²) in [6.45, 7) is 10.7. The Kier molecular flexibility index (Phi) is 4.76. The summed E-state index contributed by atoms with van der Waals surface area (Å²) in [5, 5.41) is 0. The van der Waals surface area contributed by atoms with E-state index in [-0.39, 0.29) is 11.0 Å². The molecular weight excluding hydrogens is 356 g/mol. The number of benzene rings is 2. The van der Waals surface area contributed by atoms with E-state index in [0.717, 1.165) is 52.2 Å². The molecule has 2 heterocycles. The third-order valence-corrected chi connectivity index (χ3v) is 7.26. The fraction of sp³-hybridized carbons (Fsp3) is 0.462. The van der Waals surface area contributed by atoms with Crippen molar-refractivity contribution in [2.24, 2.45) is 0 Å². The lowest BCUT2D eigenvalue weighted by Crippen LogP contribution is -2.44. The van der Waals surface area contributed by atoms with Gasteiger partial charge >= 0.3 is 0 Å². The van der Waals surface area contributed by atoms with E-state index in [9.17, 15) is 0 Å². The number of fused-ring (bicyclic) bond motifs is 1. The largest absolute Gasteiger partial charge is 0.371 e. The lowest BCUT2D eigenvalue weighted by molar-refractivity contribution is -0.0617. The first-order valence-electron chi connectivity index (χ1n) is 11.2. The number of piperidine rings is 1. The van der Waals surface area contributed by atoms with Gasteiger partial charge in [0.1, 0.15) is 0 Å². The maximum absolute atomic E-state index is 6.33. The van der Waals surface area contributed by atoms with Crippen molar-refractivity contribution in [3.05, 3.63) is 77.4 Å². The van der Waals surface area contributed by atoms with Crippen LogP contribution >= 0.6 is 0 Å². The van der Waals surface area contributed by atoms with Crippen LogP contribution in [0, 0.1) is 0 Å². The summed E-state index contributed by atoms with van der Waals surface area (Å²) >= 11 is 0. The molecule has 29 heavy (non-hydrogen) atoms. The van der Waals surface area contributed by atoms with E-state index in [2.05, 4.69) is 84.3 Å². The highest BCUT2D eigenvalue weighted by Gasteiger charge is 2.51. The number of anilines is 1. The molecule has 152 valence electrons. The van der Waals surface area contributed by atoms with Gasteiger partial charge in [0.05, 0.1) is 5.60 Å². The van der Waals surface area contributed by atoms with Gasteiger partial charge in [-0.25, -0.2) is 0 Å². The van der Waals surface area contributed by atoms with Crippen molar-refractivity contribution in [1.29, 1.82) is 0 Å². The second-order valence-electron chi connectivity index (χ2n) is 8.77. The molecular formula is C26H32N2O. The first-order valence-corrected chi connectivity index (χ1v) is 11.2. The monoisotopic (exact) mass is 388 g/mol. The van der Waals surface area contributed by atoms with Crippen LogP contribution in [0.25, 0.3) is 0 Å². The summed E-state index contributed by atoms with van der Waals surface area (Å²) in [5.41, 5.74) is 5.88. The maximum Gasteiger partial charge on any atom is 0.0964 e. The van der Waals surface area contributed by atoms with Gasteiger partial charge < -0.3 is 9.64 Å². The molecule has 0 amide bonds. The minimum Gasteiger partial charge on any atom is -0.371 e. The highest BCUT2D eigenvalue weighted by Crippen LogP contribution is 2.52. The van der Waals surface area contributed by atoms with E-state index in [0.29, 0.717) is 0 Å². The van der Waals surface area contributed by atoms with Gasteiger partial charge in [-0.05, 0) is 55.1 Å². The van der Waals surface area contributed by atoms with Crippen LogP contribution in [0.3, 0.4) is 0 Å². The van der Waals surface area contributed by atoms with Crippen LogP contribution in [-0.2, 0) is 15.8 Å². The van der Waals surface area contributed by atoms with Gasteiger partial charge in [0.25, 0.3) is 0 Å². The zero-order valence-electron chi connectivity index (χ0n) is 17.7. The topological polar surface area (TPSA) is 15.7 Å². The van der Waals surface area contributed by atoms with E-state index in [1.807, 2.05) is 0 Å². The first-order chi connectivity index (χ1) is 14.2. The summed E-state index contributed by atoms with van der Waals surface area (Å²) in [6.07, 6.45) is 4.55. The molecule has 2 aromatic rings. The van der Waals surface area contributed by atoms with Crippen LogP contribution in [0.5, 0.6) is 0 Å². The van der Waals surface area contributed by atoms with Crippen molar-refractivity contribution < 1.29 is 4.74 Å². The number of likely N-dealkylation sites (tertiary alicyclic amines) is 1. The predicted octanol–water partition coefficient (Wildman–Crippen LogP) is 4.73. The molecule has 1 atom stereocenters. The molecule has 2 aromatic carbocycles. The van der Waals surface area contributed by atoms with Crippen LogP contribution < -0.4 is 4.90 Å². The number of nitrogens with zero attached hydrogens (tertiary/aromatic N) is 2. The minimum absolute atomic E-state index is 0.133. The summed E-state index contributed by atoms with van der Waals surface area (Å²) in [6, 6.07) is 20.2. The Morgan fingerprint density at radius 3 is 2.24 bits per heavy atom. The molecule has 2 saturated heterocycles. The summed E-state index contributed by atoms with van der Waals surface area (Å²) in [7, 11) is 0. The van der Waals surface area contributed by atoms with E-state index < -0.39 is 0 Å². The second kappa shape index (κ2) is 7.30. The van der Waals surface area contributed by atoms with Crippen molar-refractivity contribution in [1.82, 2.24) is 4.90 Å². The number of hydrogen-bond acceptors (Lipinski definition) is 3. The Morgan fingerprint density at radius 1 is 0.897 bits per heavy atom. The van der Waals surface area contributed by atoms with Gasteiger partial charge in [0, 0.05) is 43.9 Å². The zero-order chi connectivity index (χ0) is 19.9. The van der Waals surface area contributed by atoms with E-state index in [4.69, 9.17) is 4.74 Å². The van der Waals surface area contributed by atoms with Gasteiger partial charge in [0.15, 0.2) is 0 Å². The molecule has 0 N–H and O–H groups in total. The zero-order valence-corrected chi connectivity index (χ0v) is 17.7. The third-order valence-electron chi connectivity index (χ3n) is 7.26.